The van der Waals surface area contributed by atoms with Crippen molar-refractivity contribution in [1.29, 1.82) is 0 Å². The number of hydrogen-bond donors (Lipinski definition) is 1. The van der Waals surface area contributed by atoms with E-state index in [0.717, 1.165) is 36.4 Å². The van der Waals surface area contributed by atoms with Crippen LogP contribution in [0.25, 0.3) is 0 Å². The minimum absolute atomic E-state index is 0.176. The van der Waals surface area contributed by atoms with Crippen molar-refractivity contribution in [3.63, 3.8) is 0 Å². The Kier molecular flexibility index (Phi) is 5.40. The summed E-state index contributed by atoms with van der Waals surface area (Å²) in [5, 5.41) is 30.8. The van der Waals surface area contributed by atoms with E-state index in [1.54, 1.807) is 0 Å². The van der Waals surface area contributed by atoms with E-state index in [4.69, 9.17) is 5.11 Å². The third-order valence-electron chi connectivity index (χ3n) is 3.59. The Labute approximate surface area is 152 Å². The Balaban J connectivity index is 2.62. The van der Waals surface area contributed by atoms with Gasteiger partial charge in [-0.3, -0.25) is 29.3 Å². The zero-order valence-corrected chi connectivity index (χ0v) is 14.6. The number of aliphatic carboxylic acids is 1. The second-order valence-electron chi connectivity index (χ2n) is 5.38. The molecular formula is C15H13N3O8S. The molecule has 0 amide bonds. The number of non-ortho nitro benzene ring substituents is 2. The highest BCUT2D eigenvalue weighted by atomic mass is 32.2. The van der Waals surface area contributed by atoms with E-state index in [-0.39, 0.29) is 16.3 Å². The predicted octanol–water partition coefficient (Wildman–Crippen LogP) is 2.09. The Bertz CT molecular complexity index is 1020. The Hall–Kier alpha value is -3.54. The van der Waals surface area contributed by atoms with Crippen molar-refractivity contribution in [1.82, 2.24) is 0 Å². The summed E-state index contributed by atoms with van der Waals surface area (Å²) in [6, 6.07) is 7.29. The average Bonchev–Trinajstić information content (AvgIpc) is 2.60. The number of hydrogen-bond acceptors (Lipinski definition) is 7. The molecule has 0 fully saturated rings. The van der Waals surface area contributed by atoms with Crippen LogP contribution in [0, 0.1) is 27.2 Å². The fourth-order valence-corrected chi connectivity index (χ4v) is 3.74. The Morgan fingerprint density at radius 1 is 1.04 bits per heavy atom. The molecule has 1 N–H and O–H groups in total. The number of sulfonamides is 1. The second-order valence-corrected chi connectivity index (χ2v) is 7.25. The van der Waals surface area contributed by atoms with Crippen LogP contribution in [0.5, 0.6) is 0 Å². The molecule has 0 unspecified atom stereocenters. The number of anilines is 1. The Morgan fingerprint density at radius 2 is 1.56 bits per heavy atom. The third-order valence-corrected chi connectivity index (χ3v) is 5.36. The maximum absolute atomic E-state index is 12.9. The highest BCUT2D eigenvalue weighted by Crippen LogP contribution is 2.30. The van der Waals surface area contributed by atoms with Gasteiger partial charge in [0.15, 0.2) is 0 Å². The lowest BCUT2D eigenvalue weighted by atomic mass is 10.2. The second kappa shape index (κ2) is 7.37. The standard InChI is InChI=1S/C15H13N3O8S/c1-10-2-3-12(18(23)24)8-14(10)16(9-15(19)20)27(25,26)13-6-4-11(5-7-13)17(21)22/h2-8H,9H2,1H3,(H,19,20). The van der Waals surface area contributed by atoms with Crippen molar-refractivity contribution in [3.8, 4) is 0 Å². The van der Waals surface area contributed by atoms with Crippen molar-refractivity contribution in [3.05, 3.63) is 68.3 Å². The molecular weight excluding hydrogens is 382 g/mol. The highest BCUT2D eigenvalue weighted by Gasteiger charge is 2.29. The molecule has 2 aromatic rings. The lowest BCUT2D eigenvalue weighted by molar-refractivity contribution is -0.385. The first kappa shape index (κ1) is 19.8. The van der Waals surface area contributed by atoms with Crippen LogP contribution in [0.4, 0.5) is 17.1 Å². The number of rotatable bonds is 7. The number of carboxylic acids is 1. The van der Waals surface area contributed by atoms with Gasteiger partial charge in [-0.05, 0) is 24.6 Å². The summed E-state index contributed by atoms with van der Waals surface area (Å²) >= 11 is 0. The molecule has 0 aromatic heterocycles. The summed E-state index contributed by atoms with van der Waals surface area (Å²) in [6.07, 6.45) is 0. The minimum Gasteiger partial charge on any atom is -0.480 e. The lowest BCUT2D eigenvalue weighted by Gasteiger charge is -2.24. The van der Waals surface area contributed by atoms with E-state index in [1.165, 1.54) is 13.0 Å². The van der Waals surface area contributed by atoms with E-state index in [0.29, 0.717) is 9.87 Å². The topological polar surface area (TPSA) is 161 Å². The molecule has 0 heterocycles. The molecule has 142 valence electrons. The van der Waals surface area contributed by atoms with Gasteiger partial charge in [0.05, 0.1) is 20.4 Å². The first-order valence-corrected chi connectivity index (χ1v) is 8.72. The van der Waals surface area contributed by atoms with Gasteiger partial charge in [0, 0.05) is 24.3 Å². The smallest absolute Gasteiger partial charge is 0.324 e. The normalized spacial score (nSPS) is 11.0. The van der Waals surface area contributed by atoms with Crippen LogP contribution < -0.4 is 4.31 Å². The van der Waals surface area contributed by atoms with Crippen molar-refractivity contribution >= 4 is 33.1 Å². The largest absolute Gasteiger partial charge is 0.480 e. The molecule has 0 spiro atoms. The molecule has 11 nitrogen and oxygen atoms in total. The van der Waals surface area contributed by atoms with E-state index >= 15 is 0 Å². The zero-order valence-electron chi connectivity index (χ0n) is 13.8. The molecule has 12 heteroatoms. The molecule has 27 heavy (non-hydrogen) atoms. The fraction of sp³-hybridized carbons (Fsp3) is 0.133. The van der Waals surface area contributed by atoms with Crippen LogP contribution in [0.15, 0.2) is 47.4 Å². The molecule has 0 aliphatic rings. The van der Waals surface area contributed by atoms with E-state index in [1.807, 2.05) is 0 Å². The van der Waals surface area contributed by atoms with Gasteiger partial charge in [-0.15, -0.1) is 0 Å². The molecule has 0 radical (unpaired) electrons. The number of carbonyl (C=O) groups is 1. The van der Waals surface area contributed by atoms with Crippen LogP contribution in [0.1, 0.15) is 5.56 Å². The fourth-order valence-electron chi connectivity index (χ4n) is 2.27. The van der Waals surface area contributed by atoms with Gasteiger partial charge in [-0.2, -0.15) is 0 Å². The quantitative estimate of drug-likeness (QED) is 0.550. The van der Waals surface area contributed by atoms with Gasteiger partial charge >= 0.3 is 5.97 Å². The lowest BCUT2D eigenvalue weighted by Crippen LogP contribution is -2.36. The SMILES string of the molecule is Cc1ccc([N+](=O)[O-])cc1N(CC(=O)O)S(=O)(=O)c1ccc([N+](=O)[O-])cc1. The van der Waals surface area contributed by atoms with Crippen LogP contribution in [0.2, 0.25) is 0 Å². The van der Waals surface area contributed by atoms with Crippen molar-refractivity contribution < 1.29 is 28.2 Å². The van der Waals surface area contributed by atoms with Gasteiger partial charge in [-0.1, -0.05) is 6.07 Å². The van der Waals surface area contributed by atoms with Crippen molar-refractivity contribution in [2.24, 2.45) is 0 Å². The zero-order chi connectivity index (χ0) is 20.4. The molecule has 2 aromatic carbocycles. The maximum Gasteiger partial charge on any atom is 0.324 e. The van der Waals surface area contributed by atoms with Crippen LogP contribution in [-0.4, -0.2) is 35.9 Å². The van der Waals surface area contributed by atoms with E-state index < -0.39 is 38.1 Å². The van der Waals surface area contributed by atoms with E-state index in [2.05, 4.69) is 0 Å². The molecule has 0 atom stereocenters. The van der Waals surface area contributed by atoms with Crippen LogP contribution in [-0.2, 0) is 14.8 Å². The van der Waals surface area contributed by atoms with Gasteiger partial charge < -0.3 is 5.11 Å². The molecule has 0 aliphatic heterocycles. The summed E-state index contributed by atoms with van der Waals surface area (Å²) in [5.74, 6) is -1.48. The molecule has 2 rings (SSSR count). The number of aryl methyl sites for hydroxylation is 1. The van der Waals surface area contributed by atoms with Gasteiger partial charge in [-0.25, -0.2) is 8.42 Å². The van der Waals surface area contributed by atoms with Crippen LogP contribution in [0.3, 0.4) is 0 Å². The number of nitro groups is 2. The molecule has 0 aliphatic carbocycles. The number of nitrogens with zero attached hydrogens (tertiary/aromatic N) is 3. The van der Waals surface area contributed by atoms with E-state index in [9.17, 15) is 33.4 Å². The summed E-state index contributed by atoms with van der Waals surface area (Å²) < 4.78 is 26.3. The van der Waals surface area contributed by atoms with Crippen molar-refractivity contribution in [2.75, 3.05) is 10.8 Å². The number of nitro benzene ring substituents is 2. The van der Waals surface area contributed by atoms with Gasteiger partial charge in [0.2, 0.25) is 0 Å². The summed E-state index contributed by atoms with van der Waals surface area (Å²) in [4.78, 5) is 31.1. The first-order valence-electron chi connectivity index (χ1n) is 7.28. The summed E-state index contributed by atoms with van der Waals surface area (Å²) in [6.45, 7) is 0.487. The predicted molar refractivity (Wildman–Crippen MR) is 93.1 cm³/mol. The molecule has 0 saturated heterocycles. The number of carboxylic acid groups (broad SMARTS) is 1. The monoisotopic (exact) mass is 395 g/mol. The third kappa shape index (κ3) is 4.17. The summed E-state index contributed by atoms with van der Waals surface area (Å²) in [5.41, 5.74) is -0.632. The summed E-state index contributed by atoms with van der Waals surface area (Å²) in [7, 11) is -4.45. The van der Waals surface area contributed by atoms with Crippen LogP contribution >= 0.6 is 0 Å². The Morgan fingerprint density at radius 3 is 2.04 bits per heavy atom. The number of benzene rings is 2. The average molecular weight is 395 g/mol. The highest BCUT2D eigenvalue weighted by molar-refractivity contribution is 7.92. The molecule has 0 saturated carbocycles. The minimum atomic E-state index is -4.45. The van der Waals surface area contributed by atoms with Crippen molar-refractivity contribution in [2.45, 2.75) is 11.8 Å². The first-order chi connectivity index (χ1) is 12.5. The van der Waals surface area contributed by atoms with Gasteiger partial charge in [0.1, 0.15) is 6.54 Å². The maximum atomic E-state index is 12.9. The molecule has 0 bridgehead atoms. The van der Waals surface area contributed by atoms with Gasteiger partial charge in [0.25, 0.3) is 21.4 Å².